The highest BCUT2D eigenvalue weighted by molar-refractivity contribution is 5.84. The number of nitrogens with zero attached hydrogens (tertiary/aromatic N) is 1. The Morgan fingerprint density at radius 1 is 1.23 bits per heavy atom. The molecule has 1 heterocycles. The van der Waals surface area contributed by atoms with Gasteiger partial charge in [0.1, 0.15) is 5.75 Å². The van der Waals surface area contributed by atoms with E-state index >= 15 is 0 Å². The van der Waals surface area contributed by atoms with Gasteiger partial charge >= 0.3 is 0 Å². The van der Waals surface area contributed by atoms with Gasteiger partial charge in [0.25, 0.3) is 5.91 Å². The van der Waals surface area contributed by atoms with Crippen molar-refractivity contribution in [3.63, 3.8) is 0 Å². The number of hydrogen-bond acceptors (Lipinski definition) is 3. The quantitative estimate of drug-likeness (QED) is 0.882. The van der Waals surface area contributed by atoms with E-state index in [2.05, 4.69) is 5.43 Å². The molecule has 0 radical (unpaired) electrons. The minimum Gasteiger partial charge on any atom is -0.480 e. The molecule has 114 valence electrons. The smallest absolute Gasteiger partial charge is 0.279 e. The highest BCUT2D eigenvalue weighted by Crippen LogP contribution is 2.28. The van der Waals surface area contributed by atoms with Gasteiger partial charge < -0.3 is 4.74 Å². The van der Waals surface area contributed by atoms with Gasteiger partial charge in [-0.2, -0.15) is 0 Å². The van der Waals surface area contributed by atoms with Crippen LogP contribution in [0.15, 0.2) is 48.5 Å². The van der Waals surface area contributed by atoms with E-state index in [1.54, 1.807) is 0 Å². The van der Waals surface area contributed by atoms with E-state index < -0.39 is 6.10 Å². The first-order valence-corrected chi connectivity index (χ1v) is 7.56. The van der Waals surface area contributed by atoms with Crippen molar-refractivity contribution in [3.05, 3.63) is 59.7 Å². The summed E-state index contributed by atoms with van der Waals surface area (Å²) in [4.78, 5) is 12.4. The average molecular weight is 296 g/mol. The second-order valence-electron chi connectivity index (χ2n) is 5.47. The van der Waals surface area contributed by atoms with Crippen molar-refractivity contribution in [2.24, 2.45) is 0 Å². The molecule has 4 nitrogen and oxygen atoms in total. The molecule has 1 amide bonds. The molecule has 4 heteroatoms. The predicted octanol–water partition coefficient (Wildman–Crippen LogP) is 2.86. The maximum atomic E-state index is 12.4. The van der Waals surface area contributed by atoms with Gasteiger partial charge in [-0.3, -0.25) is 15.2 Å². The van der Waals surface area contributed by atoms with Crippen LogP contribution in [0.25, 0.3) is 0 Å². The first-order chi connectivity index (χ1) is 10.7. The van der Waals surface area contributed by atoms with Crippen LogP contribution >= 0.6 is 0 Å². The number of amides is 1. The van der Waals surface area contributed by atoms with Crippen LogP contribution in [0.5, 0.6) is 5.75 Å². The summed E-state index contributed by atoms with van der Waals surface area (Å²) in [6.45, 7) is 4.74. The Labute approximate surface area is 130 Å². The molecule has 0 bridgehead atoms. The van der Waals surface area contributed by atoms with Crippen LogP contribution in [0.2, 0.25) is 0 Å². The van der Waals surface area contributed by atoms with E-state index in [-0.39, 0.29) is 5.91 Å². The third kappa shape index (κ3) is 2.91. The van der Waals surface area contributed by atoms with Crippen LogP contribution in [0.4, 0.5) is 5.69 Å². The first-order valence-electron chi connectivity index (χ1n) is 7.56. The number of carbonyl (C=O) groups is 1. The monoisotopic (exact) mass is 296 g/mol. The molecule has 1 aliphatic heterocycles. The third-order valence-electron chi connectivity index (χ3n) is 3.85. The molecule has 0 fully saturated rings. The average Bonchev–Trinajstić information content (AvgIpc) is 2.97. The third-order valence-corrected chi connectivity index (χ3v) is 3.85. The number of carbonyl (C=O) groups excluding carboxylic acids is 1. The van der Waals surface area contributed by atoms with Gasteiger partial charge in [-0.05, 0) is 37.6 Å². The number of anilines is 1. The minimum atomic E-state index is -0.461. The van der Waals surface area contributed by atoms with Crippen LogP contribution in [-0.4, -0.2) is 18.6 Å². The van der Waals surface area contributed by atoms with Crippen LogP contribution in [0.1, 0.15) is 18.1 Å². The normalized spacial score (nSPS) is 15.8. The molecule has 0 aromatic heterocycles. The van der Waals surface area contributed by atoms with Crippen molar-refractivity contribution in [2.75, 3.05) is 11.6 Å². The molecule has 2 aromatic carbocycles. The van der Waals surface area contributed by atoms with Crippen LogP contribution in [0, 0.1) is 6.92 Å². The molecule has 2 aromatic rings. The Morgan fingerprint density at radius 3 is 2.64 bits per heavy atom. The molecule has 22 heavy (non-hydrogen) atoms. The summed E-state index contributed by atoms with van der Waals surface area (Å²) in [5.74, 6) is 0.694. The van der Waals surface area contributed by atoms with Crippen LogP contribution < -0.4 is 15.2 Å². The zero-order chi connectivity index (χ0) is 15.5. The topological polar surface area (TPSA) is 41.6 Å². The lowest BCUT2D eigenvalue weighted by Gasteiger charge is -2.25. The molecule has 1 unspecified atom stereocenters. The standard InChI is InChI=1S/C18H20N2O2/c1-3-20(15-10-8-13(2)9-11-15)19-18(21)17-12-14-6-4-5-7-16(14)22-17/h4-11,17H,3,12H2,1-2H3,(H,19,21). The highest BCUT2D eigenvalue weighted by Gasteiger charge is 2.29. The van der Waals surface area contributed by atoms with Crippen molar-refractivity contribution in [3.8, 4) is 5.75 Å². The lowest BCUT2D eigenvalue weighted by molar-refractivity contribution is -0.127. The number of hydrogen-bond donors (Lipinski definition) is 1. The number of fused-ring (bicyclic) bond motifs is 1. The second kappa shape index (κ2) is 6.10. The zero-order valence-corrected chi connectivity index (χ0v) is 12.9. The number of nitrogens with one attached hydrogen (secondary N) is 1. The Hall–Kier alpha value is -2.49. The van der Waals surface area contributed by atoms with Gasteiger partial charge in [0.2, 0.25) is 0 Å². The molecule has 3 rings (SSSR count). The molecule has 0 spiro atoms. The van der Waals surface area contributed by atoms with E-state index in [1.165, 1.54) is 5.56 Å². The summed E-state index contributed by atoms with van der Waals surface area (Å²) < 4.78 is 5.73. The lowest BCUT2D eigenvalue weighted by Crippen LogP contribution is -2.48. The van der Waals surface area contributed by atoms with Crippen molar-refractivity contribution in [1.82, 2.24) is 5.43 Å². The number of para-hydroxylation sites is 1. The summed E-state index contributed by atoms with van der Waals surface area (Å²) in [6, 6.07) is 15.9. The van der Waals surface area contributed by atoms with E-state index in [9.17, 15) is 4.79 Å². The van der Waals surface area contributed by atoms with Crippen molar-refractivity contribution in [2.45, 2.75) is 26.4 Å². The number of benzene rings is 2. The molecule has 0 saturated carbocycles. The van der Waals surface area contributed by atoms with Gasteiger partial charge in [-0.1, -0.05) is 35.9 Å². The Morgan fingerprint density at radius 2 is 1.95 bits per heavy atom. The maximum absolute atomic E-state index is 12.4. The summed E-state index contributed by atoms with van der Waals surface area (Å²) in [6.07, 6.45) is 0.157. The Balaban J connectivity index is 1.67. The highest BCUT2D eigenvalue weighted by atomic mass is 16.5. The van der Waals surface area contributed by atoms with Gasteiger partial charge in [0.15, 0.2) is 6.10 Å². The van der Waals surface area contributed by atoms with E-state index in [1.807, 2.05) is 67.4 Å². The molecule has 0 aliphatic carbocycles. The van der Waals surface area contributed by atoms with E-state index in [4.69, 9.17) is 4.74 Å². The number of ether oxygens (including phenoxy) is 1. The minimum absolute atomic E-state index is 0.112. The maximum Gasteiger partial charge on any atom is 0.279 e. The largest absolute Gasteiger partial charge is 0.480 e. The summed E-state index contributed by atoms with van der Waals surface area (Å²) in [5.41, 5.74) is 6.20. The fourth-order valence-corrected chi connectivity index (χ4v) is 2.58. The molecule has 1 N–H and O–H groups in total. The summed E-state index contributed by atoms with van der Waals surface area (Å²) in [5, 5.41) is 1.84. The molecule has 0 saturated heterocycles. The fourth-order valence-electron chi connectivity index (χ4n) is 2.58. The number of rotatable bonds is 4. The summed E-state index contributed by atoms with van der Waals surface area (Å²) in [7, 11) is 0. The first kappa shape index (κ1) is 14.4. The van der Waals surface area contributed by atoms with Gasteiger partial charge in [-0.25, -0.2) is 0 Å². The predicted molar refractivity (Wildman–Crippen MR) is 86.9 cm³/mol. The van der Waals surface area contributed by atoms with Gasteiger partial charge in [0, 0.05) is 13.0 Å². The fraction of sp³-hybridized carbons (Fsp3) is 0.278. The van der Waals surface area contributed by atoms with E-state index in [0.717, 1.165) is 17.0 Å². The second-order valence-corrected chi connectivity index (χ2v) is 5.47. The number of aryl methyl sites for hydroxylation is 1. The van der Waals surface area contributed by atoms with Gasteiger partial charge in [-0.15, -0.1) is 0 Å². The van der Waals surface area contributed by atoms with E-state index in [0.29, 0.717) is 13.0 Å². The molecule has 1 atom stereocenters. The SMILES string of the molecule is CCN(NC(=O)C1Cc2ccccc2O1)c1ccc(C)cc1. The van der Waals surface area contributed by atoms with Crippen molar-refractivity contribution >= 4 is 11.6 Å². The van der Waals surface area contributed by atoms with Crippen molar-refractivity contribution in [1.29, 1.82) is 0 Å². The molecular weight excluding hydrogens is 276 g/mol. The summed E-state index contributed by atoms with van der Waals surface area (Å²) >= 11 is 0. The van der Waals surface area contributed by atoms with Crippen molar-refractivity contribution < 1.29 is 9.53 Å². The lowest BCUT2D eigenvalue weighted by atomic mass is 10.1. The Bertz CT molecular complexity index is 642. The van der Waals surface area contributed by atoms with Gasteiger partial charge in [0.05, 0.1) is 5.69 Å². The van der Waals surface area contributed by atoms with Crippen LogP contribution in [-0.2, 0) is 11.2 Å². The van der Waals surface area contributed by atoms with Crippen LogP contribution in [0.3, 0.4) is 0 Å². The zero-order valence-electron chi connectivity index (χ0n) is 12.9. The Kier molecular flexibility index (Phi) is 4.00. The number of hydrazine groups is 1. The molecular formula is C18H20N2O2. The molecule has 1 aliphatic rings.